The van der Waals surface area contributed by atoms with E-state index >= 15 is 0 Å². The number of hydrogen-bond donors (Lipinski definition) is 2. The Hall–Kier alpha value is -4.77. The molecule has 3 N–H and O–H groups in total. The second kappa shape index (κ2) is 8.91. The quantitative estimate of drug-likeness (QED) is 0.217. The van der Waals surface area contributed by atoms with E-state index in [-0.39, 0.29) is 16.3 Å². The molecule has 0 spiro atoms. The molecule has 194 valence electrons. The molecule has 39 heavy (non-hydrogen) atoms. The summed E-state index contributed by atoms with van der Waals surface area (Å²) in [4.78, 5) is 30.8. The van der Waals surface area contributed by atoms with Crippen LogP contribution in [0.1, 0.15) is 20.9 Å². The van der Waals surface area contributed by atoms with Gasteiger partial charge in [-0.15, -0.1) is 11.3 Å². The predicted molar refractivity (Wildman–Crippen MR) is 141 cm³/mol. The molecule has 0 radical (unpaired) electrons. The first-order valence-corrected chi connectivity index (χ1v) is 12.5. The van der Waals surface area contributed by atoms with Crippen LogP contribution in [-0.2, 0) is 13.2 Å². The number of benzene rings is 3. The van der Waals surface area contributed by atoms with Crippen LogP contribution in [0.3, 0.4) is 0 Å². The molecule has 0 saturated heterocycles. The molecule has 0 aliphatic rings. The zero-order valence-corrected chi connectivity index (χ0v) is 21.0. The highest BCUT2D eigenvalue weighted by Gasteiger charge is 2.33. The van der Waals surface area contributed by atoms with E-state index < -0.39 is 23.1 Å². The summed E-state index contributed by atoms with van der Waals surface area (Å²) >= 11 is 1.00. The van der Waals surface area contributed by atoms with Gasteiger partial charge in [-0.2, -0.15) is 13.2 Å². The van der Waals surface area contributed by atoms with Crippen LogP contribution in [0.5, 0.6) is 0 Å². The number of hydrogen-bond acceptors (Lipinski definition) is 6. The molecule has 3 aromatic carbocycles. The molecule has 0 aliphatic carbocycles. The van der Waals surface area contributed by atoms with E-state index in [1.807, 2.05) is 42.5 Å². The molecule has 3 heterocycles. The highest BCUT2D eigenvalue weighted by molar-refractivity contribution is 7.21. The van der Waals surface area contributed by atoms with Gasteiger partial charge in [0, 0.05) is 10.9 Å². The third kappa shape index (κ3) is 4.07. The maximum absolute atomic E-state index is 13.3. The minimum absolute atomic E-state index is 0.0724. The molecule has 11 heteroatoms. The zero-order valence-electron chi connectivity index (χ0n) is 20.2. The molecule has 0 aliphatic heterocycles. The third-order valence-corrected chi connectivity index (χ3v) is 7.61. The molecule has 0 fully saturated rings. The van der Waals surface area contributed by atoms with E-state index in [0.29, 0.717) is 27.0 Å². The van der Waals surface area contributed by atoms with Gasteiger partial charge in [0.1, 0.15) is 9.71 Å². The fourth-order valence-electron chi connectivity index (χ4n) is 4.64. The second-order valence-electron chi connectivity index (χ2n) is 8.90. The van der Waals surface area contributed by atoms with Gasteiger partial charge in [-0.3, -0.25) is 9.32 Å². The number of nitrogens with zero attached hydrogens (tertiary/aromatic N) is 2. The van der Waals surface area contributed by atoms with Crippen LogP contribution in [0.4, 0.5) is 18.9 Å². The van der Waals surface area contributed by atoms with Gasteiger partial charge in [-0.1, -0.05) is 59.3 Å². The normalized spacial score (nSPS) is 11.9. The van der Waals surface area contributed by atoms with Crippen molar-refractivity contribution in [3.8, 4) is 22.4 Å². The van der Waals surface area contributed by atoms with Crippen LogP contribution in [0.25, 0.3) is 43.4 Å². The molecule has 0 saturated carbocycles. The highest BCUT2D eigenvalue weighted by atomic mass is 32.1. The van der Waals surface area contributed by atoms with Crippen LogP contribution in [0.2, 0.25) is 0 Å². The topological polar surface area (TPSA) is 106 Å². The van der Waals surface area contributed by atoms with Crippen LogP contribution in [0, 0.1) is 0 Å². The average molecular weight is 548 g/mol. The van der Waals surface area contributed by atoms with Gasteiger partial charge >= 0.3 is 17.5 Å². The van der Waals surface area contributed by atoms with Gasteiger partial charge in [-0.25, -0.2) is 9.78 Å². The van der Waals surface area contributed by atoms with Crippen molar-refractivity contribution in [3.05, 3.63) is 99.4 Å². The molecular formula is C28H18F3N4O3S+. The lowest BCUT2D eigenvalue weighted by Gasteiger charge is -2.12. The maximum atomic E-state index is 13.3. The van der Waals surface area contributed by atoms with Crippen molar-refractivity contribution < 1.29 is 27.2 Å². The summed E-state index contributed by atoms with van der Waals surface area (Å²) in [5, 5.41) is 4.64. The molecule has 3 aromatic heterocycles. The number of aromatic amines is 1. The van der Waals surface area contributed by atoms with Crippen molar-refractivity contribution in [1.29, 1.82) is 0 Å². The van der Waals surface area contributed by atoms with E-state index in [1.54, 1.807) is 6.07 Å². The fourth-order valence-corrected chi connectivity index (χ4v) is 5.70. The monoisotopic (exact) mass is 547 g/mol. The molecule has 0 unspecified atom stereocenters. The lowest BCUT2D eigenvalue weighted by atomic mass is 9.96. The van der Waals surface area contributed by atoms with Gasteiger partial charge < -0.3 is 5.73 Å². The number of nitrogens with two attached hydrogens (primary N) is 1. The van der Waals surface area contributed by atoms with Gasteiger partial charge in [0.2, 0.25) is 0 Å². The highest BCUT2D eigenvalue weighted by Crippen LogP contribution is 2.43. The van der Waals surface area contributed by atoms with Crippen molar-refractivity contribution in [2.45, 2.75) is 6.18 Å². The van der Waals surface area contributed by atoms with Gasteiger partial charge in [0.25, 0.3) is 5.78 Å². The Morgan fingerprint density at radius 3 is 2.44 bits per heavy atom. The summed E-state index contributed by atoms with van der Waals surface area (Å²) < 4.78 is 45.7. The average Bonchev–Trinajstić information content (AvgIpc) is 3.45. The molecule has 6 aromatic rings. The van der Waals surface area contributed by atoms with E-state index in [9.17, 15) is 22.8 Å². The smallest absolute Gasteiger partial charge is 0.397 e. The fraction of sp³-hybridized carbons (Fsp3) is 0.0714. The number of nitrogen functional groups attached to an aromatic ring is 1. The van der Waals surface area contributed by atoms with Crippen molar-refractivity contribution >= 4 is 43.8 Å². The van der Waals surface area contributed by atoms with Crippen LogP contribution < -0.4 is 16.0 Å². The summed E-state index contributed by atoms with van der Waals surface area (Å²) in [5.74, 6) is -0.655. The largest absolute Gasteiger partial charge is 0.438 e. The number of carbonyl (C=O) groups excluding carboxylic acids is 1. The van der Waals surface area contributed by atoms with Crippen LogP contribution >= 0.6 is 11.3 Å². The lowest BCUT2D eigenvalue weighted by Crippen LogP contribution is -2.39. The Balaban J connectivity index is 1.63. The first-order valence-electron chi connectivity index (χ1n) is 11.6. The summed E-state index contributed by atoms with van der Waals surface area (Å²) in [7, 11) is 1.45. The van der Waals surface area contributed by atoms with Crippen molar-refractivity contribution in [1.82, 2.24) is 10.3 Å². The Bertz CT molecular complexity index is 1970. The SMILES string of the molecule is C[n+]1[nH]oc(=O)c1C(=O)c1sc2nc(-c3cccc4ccccc34)cc(-c3ccc(C(F)(F)F)cc3)c2c1N. The lowest BCUT2D eigenvalue weighted by molar-refractivity contribution is -0.741. The van der Waals surface area contributed by atoms with Gasteiger partial charge in [-0.05, 0) is 45.4 Å². The number of aromatic nitrogens is 3. The number of H-pyrrole nitrogens is 1. The molecular weight excluding hydrogens is 529 g/mol. The van der Waals surface area contributed by atoms with Crippen molar-refractivity contribution in [2.24, 2.45) is 7.05 Å². The van der Waals surface area contributed by atoms with E-state index in [0.717, 1.165) is 44.5 Å². The summed E-state index contributed by atoms with van der Waals surface area (Å²) in [5.41, 5.74) is 7.00. The number of aryl methyl sites for hydroxylation is 1. The number of rotatable bonds is 4. The standard InChI is InChI=1S/C28H17F3N4O3S/c1-35-23(27(37)38-34-35)24(36)25-22(32)21-19(15-9-11-16(12-10-15)28(29,30)31)13-20(33-26(21)39-25)18-8-4-6-14-5-2-3-7-17(14)18/h2-13H,1H3,(H2-,32,34,36,37)/p+1. The number of alkyl halides is 3. The minimum Gasteiger partial charge on any atom is -0.397 e. The number of nitrogens with one attached hydrogen (secondary N) is 1. The molecule has 0 bridgehead atoms. The number of ketones is 1. The predicted octanol–water partition coefficient (Wildman–Crippen LogP) is 5.72. The third-order valence-electron chi connectivity index (χ3n) is 6.51. The Kier molecular flexibility index (Phi) is 5.61. The Morgan fingerprint density at radius 2 is 1.74 bits per heavy atom. The zero-order chi connectivity index (χ0) is 27.5. The van der Waals surface area contributed by atoms with Gasteiger partial charge in [0.15, 0.2) is 7.05 Å². The summed E-state index contributed by atoms with van der Waals surface area (Å²) in [6.45, 7) is 0. The summed E-state index contributed by atoms with van der Waals surface area (Å²) in [6, 6.07) is 20.0. The number of pyridine rings is 1. The molecule has 6 rings (SSSR count). The number of carbonyl (C=O) groups is 1. The van der Waals surface area contributed by atoms with Crippen molar-refractivity contribution in [2.75, 3.05) is 5.73 Å². The van der Waals surface area contributed by atoms with E-state index in [4.69, 9.17) is 15.2 Å². The first kappa shape index (κ1) is 24.6. The molecule has 0 amide bonds. The maximum Gasteiger partial charge on any atom is 0.438 e. The molecule has 7 nitrogen and oxygen atoms in total. The van der Waals surface area contributed by atoms with E-state index in [1.165, 1.54) is 19.2 Å². The Labute approximate surface area is 221 Å². The Morgan fingerprint density at radius 1 is 1.03 bits per heavy atom. The van der Waals surface area contributed by atoms with Crippen molar-refractivity contribution in [3.63, 3.8) is 0 Å². The van der Waals surface area contributed by atoms with Gasteiger partial charge in [0.05, 0.1) is 16.9 Å². The second-order valence-corrected chi connectivity index (χ2v) is 9.90. The number of halogens is 3. The van der Waals surface area contributed by atoms with Crippen LogP contribution in [0.15, 0.2) is 82.1 Å². The first-order chi connectivity index (χ1) is 18.6. The number of fused-ring (bicyclic) bond motifs is 2. The summed E-state index contributed by atoms with van der Waals surface area (Å²) in [6.07, 6.45) is -4.49. The molecule has 0 atom stereocenters. The number of thiophene rings is 1. The van der Waals surface area contributed by atoms with Crippen LogP contribution in [-0.4, -0.2) is 16.0 Å². The minimum atomic E-state index is -4.49. The number of anilines is 1. The van der Waals surface area contributed by atoms with E-state index in [2.05, 4.69) is 5.27 Å².